The second-order valence-electron chi connectivity index (χ2n) is 7.58. The maximum absolute atomic E-state index is 11.1. The number of nitrogens with zero attached hydrogens (tertiary/aromatic N) is 2. The normalized spacial score (nSPS) is 22.4. The minimum atomic E-state index is -0.574. The topological polar surface area (TPSA) is 99.2 Å². The molecule has 0 radical (unpaired) electrons. The highest BCUT2D eigenvalue weighted by Gasteiger charge is 2.37. The molecule has 0 aromatic carbocycles. The number of carbonyl (C=O) groups excluding carboxylic acids is 1. The Morgan fingerprint density at radius 3 is 2.71 bits per heavy atom. The third-order valence-electron chi connectivity index (χ3n) is 5.57. The molecule has 2 fully saturated rings. The molecular formula is C19H31Cl2N5O2. The summed E-state index contributed by atoms with van der Waals surface area (Å²) in [5, 5.41) is 15.7. The maximum atomic E-state index is 11.1. The Labute approximate surface area is 179 Å². The zero-order valence-corrected chi connectivity index (χ0v) is 17.9. The van der Waals surface area contributed by atoms with Crippen LogP contribution in [-0.2, 0) is 4.79 Å². The Morgan fingerprint density at radius 2 is 2.11 bits per heavy atom. The Hall–Kier alpha value is -1.41. The SMILES string of the molecule is Cc1nc(N[C@]2(CC3CCCCC3)CCNC2)ncc1/C=C/C(=O)NO.Cl.Cl. The Balaban J connectivity index is 0.00000196. The number of carbonyl (C=O) groups is 1. The molecule has 0 spiro atoms. The summed E-state index contributed by atoms with van der Waals surface area (Å²) in [5.74, 6) is 0.859. The Morgan fingerprint density at radius 1 is 1.36 bits per heavy atom. The standard InChI is InChI=1S/C19H29N5O2.2ClH/c1-14-16(7-8-17(25)24-26)12-21-18(22-14)23-19(9-10-20-13-19)11-15-5-3-2-4-6-15;;/h7-8,12,15,20,26H,2-6,9-11,13H2,1H3,(H,24,25)(H,21,22,23);2*1H/b8-7+;;/t19-;;/m0../s1. The number of nitrogens with one attached hydrogen (secondary N) is 3. The van der Waals surface area contributed by atoms with Crippen molar-refractivity contribution in [2.75, 3.05) is 18.4 Å². The fourth-order valence-corrected chi connectivity index (χ4v) is 4.16. The molecule has 1 saturated heterocycles. The van der Waals surface area contributed by atoms with Gasteiger partial charge in [0.05, 0.1) is 11.2 Å². The molecule has 1 atom stereocenters. The predicted molar refractivity (Wildman–Crippen MR) is 115 cm³/mol. The molecule has 1 amide bonds. The maximum Gasteiger partial charge on any atom is 0.267 e. The number of hydrogen-bond donors (Lipinski definition) is 4. The first-order valence-electron chi connectivity index (χ1n) is 9.55. The largest absolute Gasteiger partial charge is 0.347 e. The van der Waals surface area contributed by atoms with E-state index in [4.69, 9.17) is 5.21 Å². The van der Waals surface area contributed by atoms with Crippen molar-refractivity contribution in [2.24, 2.45) is 5.92 Å². The van der Waals surface area contributed by atoms with Gasteiger partial charge in [-0.25, -0.2) is 15.4 Å². The van der Waals surface area contributed by atoms with Crippen molar-refractivity contribution in [3.63, 3.8) is 0 Å². The highest BCUT2D eigenvalue weighted by atomic mass is 35.5. The van der Waals surface area contributed by atoms with Gasteiger partial charge < -0.3 is 10.6 Å². The molecule has 3 rings (SSSR count). The molecule has 0 bridgehead atoms. The highest BCUT2D eigenvalue weighted by Crippen LogP contribution is 2.34. The second kappa shape index (κ2) is 11.6. The van der Waals surface area contributed by atoms with Crippen LogP contribution in [0.4, 0.5) is 5.95 Å². The van der Waals surface area contributed by atoms with E-state index in [1.165, 1.54) is 44.6 Å². The molecule has 9 heteroatoms. The molecule has 1 aliphatic heterocycles. The van der Waals surface area contributed by atoms with Crippen LogP contribution in [0.2, 0.25) is 0 Å². The van der Waals surface area contributed by atoms with Gasteiger partial charge in [0.15, 0.2) is 0 Å². The minimum Gasteiger partial charge on any atom is -0.347 e. The summed E-state index contributed by atoms with van der Waals surface area (Å²) in [6, 6.07) is 0. The van der Waals surface area contributed by atoms with Crippen molar-refractivity contribution in [2.45, 2.75) is 57.4 Å². The number of anilines is 1. The molecule has 2 heterocycles. The first-order chi connectivity index (χ1) is 12.6. The monoisotopic (exact) mass is 431 g/mol. The van der Waals surface area contributed by atoms with Crippen LogP contribution in [0, 0.1) is 12.8 Å². The average Bonchev–Trinajstić information content (AvgIpc) is 3.09. The molecule has 1 aliphatic carbocycles. The third kappa shape index (κ3) is 6.58. The molecule has 0 unspecified atom stereocenters. The fourth-order valence-electron chi connectivity index (χ4n) is 4.16. The fraction of sp³-hybridized carbons (Fsp3) is 0.632. The van der Waals surface area contributed by atoms with Gasteiger partial charge >= 0.3 is 0 Å². The van der Waals surface area contributed by atoms with Crippen molar-refractivity contribution in [3.8, 4) is 0 Å². The van der Waals surface area contributed by atoms with E-state index in [0.717, 1.165) is 36.7 Å². The lowest BCUT2D eigenvalue weighted by molar-refractivity contribution is -0.124. The van der Waals surface area contributed by atoms with E-state index in [1.54, 1.807) is 17.8 Å². The van der Waals surface area contributed by atoms with Crippen molar-refractivity contribution in [1.29, 1.82) is 0 Å². The van der Waals surface area contributed by atoms with Crippen LogP contribution in [0.15, 0.2) is 12.3 Å². The summed E-state index contributed by atoms with van der Waals surface area (Å²) in [5.41, 5.74) is 3.15. The van der Waals surface area contributed by atoms with Gasteiger partial charge in [-0.2, -0.15) is 0 Å². The summed E-state index contributed by atoms with van der Waals surface area (Å²) in [4.78, 5) is 20.1. The number of amides is 1. The molecular weight excluding hydrogens is 401 g/mol. The number of aromatic nitrogens is 2. The van der Waals surface area contributed by atoms with Crippen molar-refractivity contribution < 1.29 is 10.0 Å². The summed E-state index contributed by atoms with van der Waals surface area (Å²) in [7, 11) is 0. The van der Waals surface area contributed by atoms with Gasteiger partial charge in [-0.1, -0.05) is 32.1 Å². The first kappa shape index (κ1) is 24.6. The van der Waals surface area contributed by atoms with E-state index >= 15 is 0 Å². The minimum absolute atomic E-state index is 0. The number of hydroxylamine groups is 1. The number of rotatable bonds is 6. The smallest absolute Gasteiger partial charge is 0.267 e. The molecule has 2 aliphatic rings. The molecule has 7 nitrogen and oxygen atoms in total. The predicted octanol–water partition coefficient (Wildman–Crippen LogP) is 3.26. The summed E-state index contributed by atoms with van der Waals surface area (Å²) in [6.45, 7) is 3.87. The second-order valence-corrected chi connectivity index (χ2v) is 7.58. The van der Waals surface area contributed by atoms with E-state index in [0.29, 0.717) is 5.95 Å². The first-order valence-corrected chi connectivity index (χ1v) is 9.55. The van der Waals surface area contributed by atoms with E-state index in [9.17, 15) is 4.79 Å². The molecule has 1 aromatic rings. The Bertz CT molecular complexity index is 660. The van der Waals surface area contributed by atoms with E-state index in [-0.39, 0.29) is 30.4 Å². The van der Waals surface area contributed by atoms with Gasteiger partial charge in [0, 0.05) is 24.4 Å². The van der Waals surface area contributed by atoms with Crippen LogP contribution in [0.25, 0.3) is 6.08 Å². The van der Waals surface area contributed by atoms with Crippen LogP contribution in [0.5, 0.6) is 0 Å². The molecule has 28 heavy (non-hydrogen) atoms. The zero-order valence-electron chi connectivity index (χ0n) is 16.2. The van der Waals surface area contributed by atoms with Crippen LogP contribution in [-0.4, -0.2) is 39.7 Å². The summed E-state index contributed by atoms with van der Waals surface area (Å²) in [6.07, 6.45) is 13.6. The molecule has 158 valence electrons. The lowest BCUT2D eigenvalue weighted by atomic mass is 9.79. The van der Waals surface area contributed by atoms with Gasteiger partial charge in [-0.05, 0) is 38.3 Å². The van der Waals surface area contributed by atoms with Crippen molar-refractivity contribution >= 4 is 42.7 Å². The van der Waals surface area contributed by atoms with Crippen molar-refractivity contribution in [1.82, 2.24) is 20.8 Å². The van der Waals surface area contributed by atoms with E-state index in [2.05, 4.69) is 20.6 Å². The summed E-state index contributed by atoms with van der Waals surface area (Å²) < 4.78 is 0. The van der Waals surface area contributed by atoms with Crippen LogP contribution in [0.3, 0.4) is 0 Å². The quantitative estimate of drug-likeness (QED) is 0.313. The lowest BCUT2D eigenvalue weighted by Gasteiger charge is -2.35. The van der Waals surface area contributed by atoms with Gasteiger partial charge in [-0.15, -0.1) is 24.8 Å². The lowest BCUT2D eigenvalue weighted by Crippen LogP contribution is -2.43. The van der Waals surface area contributed by atoms with E-state index < -0.39 is 5.91 Å². The van der Waals surface area contributed by atoms with E-state index in [1.807, 2.05) is 6.92 Å². The number of hydrogen-bond acceptors (Lipinski definition) is 6. The molecule has 1 aromatic heterocycles. The highest BCUT2D eigenvalue weighted by molar-refractivity contribution is 5.90. The average molecular weight is 432 g/mol. The summed E-state index contributed by atoms with van der Waals surface area (Å²) >= 11 is 0. The van der Waals surface area contributed by atoms with Crippen molar-refractivity contribution in [3.05, 3.63) is 23.5 Å². The van der Waals surface area contributed by atoms with Crippen LogP contribution < -0.4 is 16.1 Å². The Kier molecular flexibility index (Phi) is 10.2. The molecule has 1 saturated carbocycles. The third-order valence-corrected chi connectivity index (χ3v) is 5.57. The van der Waals surface area contributed by atoms with Crippen LogP contribution in [0.1, 0.15) is 56.2 Å². The van der Waals surface area contributed by atoms with Gasteiger partial charge in [0.25, 0.3) is 5.91 Å². The number of halogens is 2. The molecule has 4 N–H and O–H groups in total. The van der Waals surface area contributed by atoms with Gasteiger partial charge in [0.2, 0.25) is 5.95 Å². The van der Waals surface area contributed by atoms with Crippen LogP contribution >= 0.6 is 24.8 Å². The number of aryl methyl sites for hydroxylation is 1. The zero-order chi connectivity index (χ0) is 18.4. The van der Waals surface area contributed by atoms with Gasteiger partial charge in [-0.3, -0.25) is 10.0 Å². The van der Waals surface area contributed by atoms with Gasteiger partial charge in [0.1, 0.15) is 0 Å².